The van der Waals surface area contributed by atoms with Gasteiger partial charge in [0.1, 0.15) is 17.0 Å². The van der Waals surface area contributed by atoms with Gasteiger partial charge in [0.2, 0.25) is 0 Å². The molecule has 3 nitrogen and oxygen atoms in total. The summed E-state index contributed by atoms with van der Waals surface area (Å²) in [5, 5.41) is 6.97. The molecular weight excluding hydrogens is 485 g/mol. The van der Waals surface area contributed by atoms with E-state index in [1.54, 1.807) is 10.7 Å². The Balaban J connectivity index is 1.48. The van der Waals surface area contributed by atoms with E-state index in [0.717, 1.165) is 33.5 Å². The van der Waals surface area contributed by atoms with E-state index in [1.165, 1.54) is 6.07 Å². The lowest BCUT2D eigenvalue weighted by Crippen LogP contribution is -2.06. The second-order valence-electron chi connectivity index (χ2n) is 9.30. The molecule has 0 fully saturated rings. The molecule has 6 rings (SSSR count). The van der Waals surface area contributed by atoms with Gasteiger partial charge in [-0.2, -0.15) is 18.3 Å². The minimum atomic E-state index is -4.51. The fourth-order valence-corrected chi connectivity index (χ4v) is 4.84. The number of benzene rings is 5. The third-order valence-corrected chi connectivity index (χ3v) is 6.58. The lowest BCUT2D eigenvalue weighted by atomic mass is 10.0. The van der Waals surface area contributed by atoms with Crippen LogP contribution in [0.15, 0.2) is 109 Å². The summed E-state index contributed by atoms with van der Waals surface area (Å²) < 4.78 is 49.6. The Morgan fingerprint density at radius 2 is 1.55 bits per heavy atom. The van der Waals surface area contributed by atoms with E-state index < -0.39 is 11.7 Å². The summed E-state index contributed by atoms with van der Waals surface area (Å²) in [4.78, 5) is 0. The molecule has 0 radical (unpaired) electrons. The van der Waals surface area contributed by atoms with Gasteiger partial charge in [-0.1, -0.05) is 84.4 Å². The summed E-state index contributed by atoms with van der Waals surface area (Å²) in [6.45, 7) is 2.36. The maximum Gasteiger partial charge on any atom is 0.418 e. The molecule has 1 heterocycles. The van der Waals surface area contributed by atoms with Crippen molar-refractivity contribution in [2.45, 2.75) is 19.6 Å². The number of halogens is 3. The van der Waals surface area contributed by atoms with Crippen LogP contribution in [0, 0.1) is 6.92 Å². The predicted octanol–water partition coefficient (Wildman–Crippen LogP) is 9.02. The van der Waals surface area contributed by atoms with Crippen molar-refractivity contribution in [1.82, 2.24) is 9.78 Å². The summed E-state index contributed by atoms with van der Waals surface area (Å²) in [6, 6.07) is 33.3. The van der Waals surface area contributed by atoms with Crippen molar-refractivity contribution in [3.8, 4) is 22.8 Å². The molecular formula is C32H23F3N2O. The average molecular weight is 509 g/mol. The number of hydrogen-bond donors (Lipinski definition) is 0. The topological polar surface area (TPSA) is 27.1 Å². The van der Waals surface area contributed by atoms with E-state index in [-0.39, 0.29) is 5.52 Å². The first-order valence-corrected chi connectivity index (χ1v) is 12.3. The summed E-state index contributed by atoms with van der Waals surface area (Å²) >= 11 is 0. The van der Waals surface area contributed by atoms with Crippen LogP contribution in [0.1, 0.15) is 16.7 Å². The third-order valence-electron chi connectivity index (χ3n) is 6.58. The Labute approximate surface area is 217 Å². The van der Waals surface area contributed by atoms with Crippen molar-refractivity contribution in [3.05, 3.63) is 126 Å². The van der Waals surface area contributed by atoms with Gasteiger partial charge in [0.25, 0.3) is 0 Å². The Morgan fingerprint density at radius 1 is 0.763 bits per heavy atom. The minimum Gasteiger partial charge on any atom is -0.457 e. The SMILES string of the molecule is Cc1ccc2cccc(Oc3cccc(-c4c5cccc(C(F)(F)F)c5nn4Cc4ccccc4)c3)c2c1. The van der Waals surface area contributed by atoms with E-state index in [9.17, 15) is 13.2 Å². The minimum absolute atomic E-state index is 0.0678. The first-order valence-electron chi connectivity index (χ1n) is 12.3. The highest BCUT2D eigenvalue weighted by atomic mass is 19.4. The smallest absolute Gasteiger partial charge is 0.418 e. The average Bonchev–Trinajstić information content (AvgIpc) is 3.27. The molecule has 6 aromatic rings. The quantitative estimate of drug-likeness (QED) is 0.232. The summed E-state index contributed by atoms with van der Waals surface area (Å²) in [5.41, 5.74) is 2.57. The van der Waals surface area contributed by atoms with Crippen molar-refractivity contribution in [2.75, 3.05) is 0 Å². The van der Waals surface area contributed by atoms with Gasteiger partial charge in [0.15, 0.2) is 0 Å². The lowest BCUT2D eigenvalue weighted by molar-refractivity contribution is -0.136. The van der Waals surface area contributed by atoms with Crippen molar-refractivity contribution >= 4 is 21.7 Å². The molecule has 1 aromatic heterocycles. The molecule has 5 aromatic carbocycles. The maximum absolute atomic E-state index is 13.9. The van der Waals surface area contributed by atoms with E-state index in [4.69, 9.17) is 4.74 Å². The van der Waals surface area contributed by atoms with E-state index in [0.29, 0.717) is 29.1 Å². The number of fused-ring (bicyclic) bond motifs is 2. The van der Waals surface area contributed by atoms with Crippen molar-refractivity contribution < 1.29 is 17.9 Å². The van der Waals surface area contributed by atoms with Gasteiger partial charge in [-0.25, -0.2) is 0 Å². The first-order chi connectivity index (χ1) is 18.4. The fourth-order valence-electron chi connectivity index (χ4n) is 4.84. The molecule has 0 spiro atoms. The van der Waals surface area contributed by atoms with Crippen LogP contribution in [-0.2, 0) is 12.7 Å². The third kappa shape index (κ3) is 4.50. The number of ether oxygens (including phenoxy) is 1. The lowest BCUT2D eigenvalue weighted by Gasteiger charge is -2.12. The van der Waals surface area contributed by atoms with Crippen molar-refractivity contribution in [1.29, 1.82) is 0 Å². The number of aryl methyl sites for hydroxylation is 1. The molecule has 0 unspecified atom stereocenters. The fraction of sp³-hybridized carbons (Fsp3) is 0.0938. The summed E-state index contributed by atoms with van der Waals surface area (Å²) in [7, 11) is 0. The van der Waals surface area contributed by atoms with Crippen LogP contribution >= 0.6 is 0 Å². The molecule has 0 N–H and O–H groups in total. The van der Waals surface area contributed by atoms with Gasteiger partial charge in [0, 0.05) is 16.3 Å². The number of alkyl halides is 3. The van der Waals surface area contributed by atoms with Gasteiger partial charge < -0.3 is 4.74 Å². The van der Waals surface area contributed by atoms with Gasteiger partial charge >= 0.3 is 6.18 Å². The molecule has 0 amide bonds. The molecule has 188 valence electrons. The highest BCUT2D eigenvalue weighted by Gasteiger charge is 2.34. The Morgan fingerprint density at radius 3 is 2.37 bits per heavy atom. The zero-order valence-corrected chi connectivity index (χ0v) is 20.5. The van der Waals surface area contributed by atoms with Crippen LogP contribution in [0.25, 0.3) is 32.9 Å². The van der Waals surface area contributed by atoms with E-state index >= 15 is 0 Å². The predicted molar refractivity (Wildman–Crippen MR) is 144 cm³/mol. The molecule has 0 saturated carbocycles. The molecule has 0 aliphatic carbocycles. The number of nitrogens with zero attached hydrogens (tertiary/aromatic N) is 2. The van der Waals surface area contributed by atoms with E-state index in [1.807, 2.05) is 79.7 Å². The van der Waals surface area contributed by atoms with Crippen LogP contribution in [0.4, 0.5) is 13.2 Å². The Bertz CT molecular complexity index is 1770. The molecule has 0 atom stereocenters. The second-order valence-corrected chi connectivity index (χ2v) is 9.30. The van der Waals surface area contributed by atoms with Gasteiger partial charge in [-0.3, -0.25) is 4.68 Å². The highest BCUT2D eigenvalue weighted by Crippen LogP contribution is 2.39. The van der Waals surface area contributed by atoms with Crippen LogP contribution in [-0.4, -0.2) is 9.78 Å². The van der Waals surface area contributed by atoms with Gasteiger partial charge in [0.05, 0.1) is 17.8 Å². The molecule has 0 aliphatic heterocycles. The van der Waals surface area contributed by atoms with Crippen molar-refractivity contribution in [3.63, 3.8) is 0 Å². The van der Waals surface area contributed by atoms with Crippen molar-refractivity contribution in [2.24, 2.45) is 0 Å². The summed E-state index contributed by atoms with van der Waals surface area (Å²) in [5.74, 6) is 1.30. The first kappa shape index (κ1) is 23.8. The second kappa shape index (κ2) is 9.38. The van der Waals surface area contributed by atoms with Gasteiger partial charge in [-0.05, 0) is 48.2 Å². The number of aromatic nitrogens is 2. The normalized spacial score (nSPS) is 11.8. The van der Waals surface area contributed by atoms with Crippen LogP contribution in [0.3, 0.4) is 0 Å². The van der Waals surface area contributed by atoms with E-state index in [2.05, 4.69) is 23.3 Å². The van der Waals surface area contributed by atoms with Crippen LogP contribution < -0.4 is 4.74 Å². The Kier molecular flexibility index (Phi) is 5.87. The standard InChI is InChI=1S/C32H23F3N2O/c1-21-16-17-23-10-6-15-29(27(23)18-21)38-25-12-5-11-24(19-25)31-26-13-7-14-28(32(33,34)35)30(26)36-37(31)20-22-8-3-2-4-9-22/h2-19H,20H2,1H3. The molecule has 38 heavy (non-hydrogen) atoms. The largest absolute Gasteiger partial charge is 0.457 e. The molecule has 0 bridgehead atoms. The zero-order valence-electron chi connectivity index (χ0n) is 20.5. The molecule has 0 aliphatic rings. The highest BCUT2D eigenvalue weighted by molar-refractivity contribution is 5.95. The number of hydrogen-bond acceptors (Lipinski definition) is 2. The Hall–Kier alpha value is -4.58. The summed E-state index contributed by atoms with van der Waals surface area (Å²) in [6.07, 6.45) is -4.51. The van der Waals surface area contributed by atoms with Crippen LogP contribution in [0.5, 0.6) is 11.5 Å². The van der Waals surface area contributed by atoms with Crippen LogP contribution in [0.2, 0.25) is 0 Å². The molecule has 6 heteroatoms. The zero-order chi connectivity index (χ0) is 26.3. The molecule has 0 saturated heterocycles. The maximum atomic E-state index is 13.9. The number of rotatable bonds is 5. The monoisotopic (exact) mass is 508 g/mol. The van der Waals surface area contributed by atoms with Gasteiger partial charge in [-0.15, -0.1) is 0 Å².